The van der Waals surface area contributed by atoms with Crippen molar-refractivity contribution in [2.24, 2.45) is 11.7 Å². The van der Waals surface area contributed by atoms with Crippen LogP contribution in [-0.2, 0) is 6.61 Å². The maximum absolute atomic E-state index is 12.6. The summed E-state index contributed by atoms with van der Waals surface area (Å²) in [5.41, 5.74) is 8.93. The Bertz CT molecular complexity index is 701. The van der Waals surface area contributed by atoms with Crippen LogP contribution in [0, 0.1) is 5.92 Å². The van der Waals surface area contributed by atoms with Gasteiger partial charge in [-0.3, -0.25) is 4.79 Å². The van der Waals surface area contributed by atoms with Crippen molar-refractivity contribution in [2.75, 3.05) is 26.7 Å². The molecule has 9 heteroatoms. The fourth-order valence-corrected chi connectivity index (χ4v) is 3.32. The third-order valence-corrected chi connectivity index (χ3v) is 4.81. The van der Waals surface area contributed by atoms with Gasteiger partial charge in [-0.2, -0.15) is 0 Å². The lowest BCUT2D eigenvalue weighted by atomic mass is 10.1. The van der Waals surface area contributed by atoms with Crippen molar-refractivity contribution < 1.29 is 14.3 Å². The van der Waals surface area contributed by atoms with Gasteiger partial charge < -0.3 is 20.1 Å². The summed E-state index contributed by atoms with van der Waals surface area (Å²) in [7, 11) is 1.57. The Morgan fingerprint density at radius 2 is 2.19 bits per heavy atom. The van der Waals surface area contributed by atoms with Crippen LogP contribution in [0.4, 0.5) is 0 Å². The predicted molar refractivity (Wildman–Crippen MR) is 107 cm³/mol. The summed E-state index contributed by atoms with van der Waals surface area (Å²) in [5.74, 6) is 1.56. The highest BCUT2D eigenvalue weighted by Crippen LogP contribution is 2.30. The van der Waals surface area contributed by atoms with Crippen molar-refractivity contribution in [1.82, 2.24) is 9.88 Å². The molecular weight excluding hydrogens is 397 g/mol. The van der Waals surface area contributed by atoms with E-state index in [0.717, 1.165) is 25.2 Å². The summed E-state index contributed by atoms with van der Waals surface area (Å²) < 4.78 is 11.1. The molecule has 6 nitrogen and oxygen atoms in total. The van der Waals surface area contributed by atoms with E-state index >= 15 is 0 Å². The molecule has 1 atom stereocenters. The van der Waals surface area contributed by atoms with Crippen LogP contribution in [0.3, 0.4) is 0 Å². The molecule has 1 aromatic carbocycles. The van der Waals surface area contributed by atoms with Gasteiger partial charge in [-0.15, -0.1) is 36.2 Å². The number of likely N-dealkylation sites (tertiary alicyclic amines) is 1. The largest absolute Gasteiger partial charge is 0.493 e. The summed E-state index contributed by atoms with van der Waals surface area (Å²) in [6.07, 6.45) is 0.966. The first-order valence-corrected chi connectivity index (χ1v) is 8.82. The number of halogens is 2. The molecule has 3 rings (SSSR count). The Morgan fingerprint density at radius 3 is 2.81 bits per heavy atom. The van der Waals surface area contributed by atoms with Crippen LogP contribution < -0.4 is 15.2 Å². The third-order valence-electron chi connectivity index (χ3n) is 4.18. The summed E-state index contributed by atoms with van der Waals surface area (Å²) in [6.45, 7) is 2.47. The average Bonchev–Trinajstić information content (AvgIpc) is 3.30. The van der Waals surface area contributed by atoms with Crippen molar-refractivity contribution in [3.05, 3.63) is 40.3 Å². The fraction of sp³-hybridized carbons (Fsp3) is 0.412. The zero-order chi connectivity index (χ0) is 16.9. The second-order valence-corrected chi connectivity index (χ2v) is 6.49. The van der Waals surface area contributed by atoms with Crippen LogP contribution in [-0.4, -0.2) is 42.5 Å². The molecule has 0 bridgehead atoms. The summed E-state index contributed by atoms with van der Waals surface area (Å²) in [6, 6.07) is 5.28. The van der Waals surface area contributed by atoms with E-state index < -0.39 is 0 Å². The van der Waals surface area contributed by atoms with Crippen molar-refractivity contribution >= 4 is 42.1 Å². The maximum Gasteiger partial charge on any atom is 0.254 e. The molecule has 0 aliphatic carbocycles. The first kappa shape index (κ1) is 22.5. The number of amides is 1. The standard InChI is InChI=1S/C17H21N3O3S.2ClH/c1-22-16-6-13(17(21)20-5-4-12(7-18)8-20)2-3-15(16)23-9-14-10-24-11-19-14;;/h2-3,6,10-12H,4-5,7-9,18H2,1H3;2*1H. The minimum atomic E-state index is 0. The topological polar surface area (TPSA) is 77.7 Å². The van der Waals surface area contributed by atoms with E-state index in [-0.39, 0.29) is 30.7 Å². The molecule has 1 fully saturated rings. The molecule has 0 saturated carbocycles. The maximum atomic E-state index is 12.6. The van der Waals surface area contributed by atoms with Crippen molar-refractivity contribution in [1.29, 1.82) is 0 Å². The Balaban J connectivity index is 0.00000169. The SMILES string of the molecule is COc1cc(C(=O)N2CCC(CN)C2)ccc1OCc1cscn1.Cl.Cl. The van der Waals surface area contributed by atoms with E-state index in [9.17, 15) is 4.79 Å². The highest BCUT2D eigenvalue weighted by molar-refractivity contribution is 7.07. The number of rotatable bonds is 6. The van der Waals surface area contributed by atoms with Gasteiger partial charge in [-0.25, -0.2) is 4.98 Å². The molecule has 1 amide bonds. The van der Waals surface area contributed by atoms with Gasteiger partial charge in [0.2, 0.25) is 0 Å². The van der Waals surface area contributed by atoms with Gasteiger partial charge in [0, 0.05) is 24.0 Å². The second kappa shape index (κ2) is 10.6. The Kier molecular flexibility index (Phi) is 9.15. The van der Waals surface area contributed by atoms with Gasteiger partial charge in [-0.1, -0.05) is 0 Å². The van der Waals surface area contributed by atoms with E-state index in [4.69, 9.17) is 15.2 Å². The number of aromatic nitrogens is 1. The molecule has 0 spiro atoms. The Hall–Kier alpha value is -1.54. The van der Waals surface area contributed by atoms with Crippen LogP contribution in [0.5, 0.6) is 11.5 Å². The highest BCUT2D eigenvalue weighted by Gasteiger charge is 2.26. The van der Waals surface area contributed by atoms with Crippen molar-refractivity contribution in [3.8, 4) is 11.5 Å². The molecule has 1 saturated heterocycles. The third kappa shape index (κ3) is 5.23. The number of thiazole rings is 1. The normalized spacial score (nSPS) is 15.8. The molecular formula is C17H23Cl2N3O3S. The average molecular weight is 420 g/mol. The molecule has 2 heterocycles. The number of carbonyl (C=O) groups is 1. The number of hydrogen-bond donors (Lipinski definition) is 1. The number of carbonyl (C=O) groups excluding carboxylic acids is 1. The van der Waals surface area contributed by atoms with E-state index in [0.29, 0.717) is 36.1 Å². The number of nitrogens with two attached hydrogens (primary N) is 1. The van der Waals surface area contributed by atoms with E-state index in [1.165, 1.54) is 11.3 Å². The van der Waals surface area contributed by atoms with E-state index in [2.05, 4.69) is 4.98 Å². The molecule has 1 aliphatic rings. The number of nitrogens with zero attached hydrogens (tertiary/aromatic N) is 2. The summed E-state index contributed by atoms with van der Waals surface area (Å²) >= 11 is 1.53. The lowest BCUT2D eigenvalue weighted by Crippen LogP contribution is -2.29. The zero-order valence-corrected chi connectivity index (χ0v) is 16.9. The van der Waals surface area contributed by atoms with Crippen molar-refractivity contribution in [3.63, 3.8) is 0 Å². The van der Waals surface area contributed by atoms with Crippen LogP contribution in [0.1, 0.15) is 22.5 Å². The predicted octanol–water partition coefficient (Wildman–Crippen LogP) is 3.00. The Labute approximate surface area is 169 Å². The first-order chi connectivity index (χ1) is 11.7. The number of ether oxygens (including phenoxy) is 2. The molecule has 1 aromatic heterocycles. The van der Waals surface area contributed by atoms with Crippen molar-refractivity contribution in [2.45, 2.75) is 13.0 Å². The number of benzene rings is 1. The van der Waals surface area contributed by atoms with Gasteiger partial charge >= 0.3 is 0 Å². The monoisotopic (exact) mass is 419 g/mol. The molecule has 26 heavy (non-hydrogen) atoms. The molecule has 2 aromatic rings. The van der Waals surface area contributed by atoms with Gasteiger partial charge in [0.1, 0.15) is 6.61 Å². The lowest BCUT2D eigenvalue weighted by Gasteiger charge is -2.17. The molecule has 2 N–H and O–H groups in total. The smallest absolute Gasteiger partial charge is 0.254 e. The first-order valence-electron chi connectivity index (χ1n) is 7.88. The van der Waals surface area contributed by atoms with E-state index in [1.807, 2.05) is 10.3 Å². The minimum Gasteiger partial charge on any atom is -0.493 e. The van der Waals surface area contributed by atoms with Crippen LogP contribution in [0.15, 0.2) is 29.1 Å². The molecule has 1 aliphatic heterocycles. The summed E-state index contributed by atoms with van der Waals surface area (Å²) in [5, 5.41) is 1.94. The molecule has 0 radical (unpaired) electrons. The Morgan fingerprint density at radius 1 is 1.38 bits per heavy atom. The van der Waals surface area contributed by atoms with Gasteiger partial charge in [0.05, 0.1) is 18.3 Å². The van der Waals surface area contributed by atoms with Crippen LogP contribution in [0.2, 0.25) is 0 Å². The fourth-order valence-electron chi connectivity index (χ4n) is 2.77. The number of hydrogen-bond acceptors (Lipinski definition) is 6. The van der Waals surface area contributed by atoms with E-state index in [1.54, 1.807) is 30.8 Å². The second-order valence-electron chi connectivity index (χ2n) is 5.78. The summed E-state index contributed by atoms with van der Waals surface area (Å²) in [4.78, 5) is 18.6. The molecule has 1 unspecified atom stereocenters. The quantitative estimate of drug-likeness (QED) is 0.778. The minimum absolute atomic E-state index is 0. The lowest BCUT2D eigenvalue weighted by molar-refractivity contribution is 0.0787. The number of methoxy groups -OCH3 is 1. The van der Waals surface area contributed by atoms with Crippen LogP contribution in [0.25, 0.3) is 0 Å². The molecule has 144 valence electrons. The van der Waals surface area contributed by atoms with Gasteiger partial charge in [0.25, 0.3) is 5.91 Å². The van der Waals surface area contributed by atoms with Crippen LogP contribution >= 0.6 is 36.2 Å². The van der Waals surface area contributed by atoms with Gasteiger partial charge in [0.15, 0.2) is 11.5 Å². The zero-order valence-electron chi connectivity index (χ0n) is 14.4. The highest BCUT2D eigenvalue weighted by atomic mass is 35.5. The van der Waals surface area contributed by atoms with Gasteiger partial charge in [-0.05, 0) is 37.1 Å².